The first-order chi connectivity index (χ1) is 10.3. The molecule has 0 aliphatic rings. The molecule has 6 nitrogen and oxygen atoms in total. The fraction of sp³-hybridized carbons (Fsp3) is 0.312. The van der Waals surface area contributed by atoms with Crippen LogP contribution in [0.15, 0.2) is 35.3 Å². The molecule has 0 bridgehead atoms. The molecule has 0 fully saturated rings. The Bertz CT molecular complexity index is 760. The Morgan fingerprint density at radius 2 is 1.77 bits per heavy atom. The fourth-order valence-corrected chi connectivity index (χ4v) is 2.48. The largest absolute Gasteiger partial charge is 0.387 e. The first-order valence-electron chi connectivity index (χ1n) is 6.89. The van der Waals surface area contributed by atoms with Gasteiger partial charge in [0, 0.05) is 11.6 Å². The fourth-order valence-electron chi connectivity index (χ4n) is 2.48. The quantitative estimate of drug-likeness (QED) is 0.694. The van der Waals surface area contributed by atoms with E-state index >= 15 is 0 Å². The molecule has 116 valence electrons. The number of nitro groups is 1. The smallest absolute Gasteiger partial charge is 0.288 e. The summed E-state index contributed by atoms with van der Waals surface area (Å²) in [5.41, 5.74) is 2.52. The zero-order valence-corrected chi connectivity index (χ0v) is 12.7. The first-order valence-corrected chi connectivity index (χ1v) is 6.89. The lowest BCUT2D eigenvalue weighted by molar-refractivity contribution is -0.386. The van der Waals surface area contributed by atoms with Crippen LogP contribution >= 0.6 is 0 Å². The van der Waals surface area contributed by atoms with Crippen LogP contribution in [-0.2, 0) is 6.54 Å². The van der Waals surface area contributed by atoms with Gasteiger partial charge in [0.15, 0.2) is 0 Å². The third-order valence-corrected chi connectivity index (χ3v) is 3.50. The van der Waals surface area contributed by atoms with Gasteiger partial charge in [0.1, 0.15) is 0 Å². The summed E-state index contributed by atoms with van der Waals surface area (Å²) in [4.78, 5) is 22.4. The van der Waals surface area contributed by atoms with Crippen molar-refractivity contribution in [3.8, 4) is 0 Å². The van der Waals surface area contributed by atoms with Gasteiger partial charge in [-0.3, -0.25) is 14.9 Å². The number of aliphatic hydroxyl groups excluding tert-OH is 1. The minimum absolute atomic E-state index is 0.0250. The second-order valence-corrected chi connectivity index (χ2v) is 5.53. The van der Waals surface area contributed by atoms with Crippen LogP contribution in [0.2, 0.25) is 0 Å². The van der Waals surface area contributed by atoms with Crippen molar-refractivity contribution in [3.05, 3.63) is 73.2 Å². The Hall–Kier alpha value is -2.47. The number of rotatable bonds is 4. The van der Waals surface area contributed by atoms with Crippen LogP contribution < -0.4 is 5.56 Å². The van der Waals surface area contributed by atoms with Crippen molar-refractivity contribution in [3.63, 3.8) is 0 Å². The van der Waals surface area contributed by atoms with E-state index in [2.05, 4.69) is 0 Å². The van der Waals surface area contributed by atoms with E-state index in [0.717, 1.165) is 11.1 Å². The number of hydrogen-bond acceptors (Lipinski definition) is 4. The van der Waals surface area contributed by atoms with Gasteiger partial charge in [0.2, 0.25) is 0 Å². The van der Waals surface area contributed by atoms with Crippen LogP contribution in [0.3, 0.4) is 0 Å². The van der Waals surface area contributed by atoms with Gasteiger partial charge in [-0.1, -0.05) is 29.3 Å². The first kappa shape index (κ1) is 15.9. The standard InChI is InChI=1S/C16H18N2O4/c1-10-4-11(2)6-13(5-10)15(19)9-17-8-14(18(21)22)12(3)7-16(17)20/h4-8,15,19H,9H2,1-3H3. The van der Waals surface area contributed by atoms with Crippen LogP contribution in [0.1, 0.15) is 28.4 Å². The van der Waals surface area contributed by atoms with Gasteiger partial charge in [-0.05, 0) is 26.3 Å². The molecule has 1 heterocycles. The second kappa shape index (κ2) is 6.11. The van der Waals surface area contributed by atoms with Gasteiger partial charge >= 0.3 is 0 Å². The Morgan fingerprint density at radius 3 is 2.32 bits per heavy atom. The van der Waals surface area contributed by atoms with Crippen LogP contribution in [0.25, 0.3) is 0 Å². The third kappa shape index (κ3) is 3.40. The van der Waals surface area contributed by atoms with Gasteiger partial charge < -0.3 is 9.67 Å². The normalized spacial score (nSPS) is 12.2. The van der Waals surface area contributed by atoms with Crippen molar-refractivity contribution in [1.82, 2.24) is 4.57 Å². The molecule has 0 radical (unpaired) electrons. The zero-order chi connectivity index (χ0) is 16.4. The number of pyridine rings is 1. The minimum atomic E-state index is -0.904. The van der Waals surface area contributed by atoms with Crippen molar-refractivity contribution in [2.75, 3.05) is 0 Å². The molecule has 6 heteroatoms. The molecule has 0 aliphatic carbocycles. The highest BCUT2D eigenvalue weighted by Crippen LogP contribution is 2.20. The van der Waals surface area contributed by atoms with E-state index in [0.29, 0.717) is 11.1 Å². The van der Waals surface area contributed by atoms with E-state index in [9.17, 15) is 20.0 Å². The lowest BCUT2D eigenvalue weighted by Crippen LogP contribution is -2.23. The zero-order valence-electron chi connectivity index (χ0n) is 12.7. The van der Waals surface area contributed by atoms with E-state index < -0.39 is 11.0 Å². The molecule has 1 unspecified atom stereocenters. The highest BCUT2D eigenvalue weighted by Gasteiger charge is 2.16. The molecule has 22 heavy (non-hydrogen) atoms. The second-order valence-electron chi connectivity index (χ2n) is 5.53. The van der Waals surface area contributed by atoms with Gasteiger partial charge in [0.25, 0.3) is 11.2 Å². The Balaban J connectivity index is 2.35. The number of nitrogens with zero attached hydrogens (tertiary/aromatic N) is 2. The molecule has 1 aromatic heterocycles. The Morgan fingerprint density at radius 1 is 1.18 bits per heavy atom. The summed E-state index contributed by atoms with van der Waals surface area (Å²) in [6, 6.07) is 6.88. The molecule has 2 rings (SSSR count). The third-order valence-electron chi connectivity index (χ3n) is 3.50. The van der Waals surface area contributed by atoms with Crippen LogP contribution in [0.5, 0.6) is 0 Å². The highest BCUT2D eigenvalue weighted by atomic mass is 16.6. The lowest BCUT2D eigenvalue weighted by atomic mass is 10.0. The average molecular weight is 302 g/mol. The van der Waals surface area contributed by atoms with Gasteiger partial charge in [-0.25, -0.2) is 0 Å². The van der Waals surface area contributed by atoms with E-state index in [1.54, 1.807) is 0 Å². The number of hydrogen-bond donors (Lipinski definition) is 1. The number of aromatic nitrogens is 1. The average Bonchev–Trinajstić information content (AvgIpc) is 2.40. The van der Waals surface area contributed by atoms with Gasteiger partial charge in [0.05, 0.1) is 23.8 Å². The molecule has 0 amide bonds. The minimum Gasteiger partial charge on any atom is -0.387 e. The summed E-state index contributed by atoms with van der Waals surface area (Å²) in [5.74, 6) is 0. The summed E-state index contributed by atoms with van der Waals surface area (Å²) < 4.78 is 1.17. The molecular formula is C16H18N2O4. The predicted octanol–water partition coefficient (Wildman–Crippen LogP) is 2.42. The number of benzene rings is 1. The maximum absolute atomic E-state index is 11.9. The summed E-state index contributed by atoms with van der Waals surface area (Å²) in [6.07, 6.45) is 0.280. The lowest BCUT2D eigenvalue weighted by Gasteiger charge is -2.14. The topological polar surface area (TPSA) is 85.4 Å². The van der Waals surface area contributed by atoms with Crippen molar-refractivity contribution >= 4 is 5.69 Å². The van der Waals surface area contributed by atoms with Crippen LogP contribution in [0.4, 0.5) is 5.69 Å². The molecule has 1 atom stereocenters. The number of aliphatic hydroxyl groups is 1. The van der Waals surface area contributed by atoms with Crippen molar-refractivity contribution < 1.29 is 10.0 Å². The SMILES string of the molecule is Cc1cc(C)cc(C(O)Cn2cc([N+](=O)[O-])c(C)cc2=O)c1. The van der Waals surface area contributed by atoms with Crippen LogP contribution in [-0.4, -0.2) is 14.6 Å². The van der Waals surface area contributed by atoms with Gasteiger partial charge in [-0.15, -0.1) is 0 Å². The Kier molecular flexibility index (Phi) is 4.42. The van der Waals surface area contributed by atoms with Crippen LogP contribution in [0, 0.1) is 30.9 Å². The Labute approximate surface area is 127 Å². The molecule has 0 saturated carbocycles. The maximum atomic E-state index is 11.9. The highest BCUT2D eigenvalue weighted by molar-refractivity contribution is 5.36. The van der Waals surface area contributed by atoms with Gasteiger partial charge in [-0.2, -0.15) is 0 Å². The van der Waals surface area contributed by atoms with Crippen molar-refractivity contribution in [2.24, 2.45) is 0 Å². The predicted molar refractivity (Wildman–Crippen MR) is 83.0 cm³/mol. The summed E-state index contributed by atoms with van der Waals surface area (Å²) in [5, 5.41) is 21.3. The molecule has 0 aliphatic heterocycles. The van der Waals surface area contributed by atoms with E-state index in [1.807, 2.05) is 32.0 Å². The molecule has 0 spiro atoms. The molecule has 1 N–H and O–H groups in total. The summed E-state index contributed by atoms with van der Waals surface area (Å²) >= 11 is 0. The maximum Gasteiger partial charge on any atom is 0.288 e. The molecule has 1 aromatic carbocycles. The number of aryl methyl sites for hydroxylation is 3. The van der Waals surface area contributed by atoms with Crippen molar-refractivity contribution in [1.29, 1.82) is 0 Å². The summed E-state index contributed by atoms with van der Waals surface area (Å²) in [6.45, 7) is 5.34. The van der Waals surface area contributed by atoms with E-state index in [1.165, 1.54) is 23.8 Å². The van der Waals surface area contributed by atoms with E-state index in [-0.39, 0.29) is 17.8 Å². The van der Waals surface area contributed by atoms with E-state index in [4.69, 9.17) is 0 Å². The molecule has 0 saturated heterocycles. The monoisotopic (exact) mass is 302 g/mol. The molecular weight excluding hydrogens is 284 g/mol. The summed E-state index contributed by atoms with van der Waals surface area (Å²) in [7, 11) is 0. The molecule has 2 aromatic rings. The van der Waals surface area contributed by atoms with Crippen molar-refractivity contribution in [2.45, 2.75) is 33.4 Å².